The fraction of sp³-hybridized carbons (Fsp3) is 0.100. The van der Waals surface area contributed by atoms with Crippen LogP contribution in [0.15, 0.2) is 64.5 Å². The van der Waals surface area contributed by atoms with Gasteiger partial charge in [-0.3, -0.25) is 9.89 Å². The summed E-state index contributed by atoms with van der Waals surface area (Å²) in [7, 11) is 0. The maximum atomic E-state index is 12.5. The van der Waals surface area contributed by atoms with Crippen LogP contribution in [0, 0.1) is 6.92 Å². The molecule has 2 aromatic carbocycles. The van der Waals surface area contributed by atoms with Crippen molar-refractivity contribution in [3.05, 3.63) is 76.2 Å². The monoisotopic (exact) mass is 453 g/mol. The lowest BCUT2D eigenvalue weighted by Gasteiger charge is -2.09. The lowest BCUT2D eigenvalue weighted by Crippen LogP contribution is -2.12. The molecule has 0 radical (unpaired) electrons. The predicted octanol–water partition coefficient (Wildman–Crippen LogP) is 4.97. The average Bonchev–Trinajstić information content (AvgIpc) is 3.18. The molecule has 28 heavy (non-hydrogen) atoms. The summed E-state index contributed by atoms with van der Waals surface area (Å²) in [6.07, 6.45) is 3.26. The SMILES string of the molecule is Cc1ccc(C(=O)Nc2cccc(CSc3ncnc4[nH]ncc34)c2)cc1Br. The molecule has 0 saturated heterocycles. The topological polar surface area (TPSA) is 83.6 Å². The van der Waals surface area contributed by atoms with Gasteiger partial charge in [-0.1, -0.05) is 34.1 Å². The normalized spacial score (nSPS) is 10.9. The number of fused-ring (bicyclic) bond motifs is 1. The van der Waals surface area contributed by atoms with Crippen LogP contribution in [0.2, 0.25) is 0 Å². The number of aryl methyl sites for hydroxylation is 1. The van der Waals surface area contributed by atoms with E-state index in [1.54, 1.807) is 18.0 Å². The molecular formula is C20H16BrN5OS. The first-order valence-corrected chi connectivity index (χ1v) is 10.3. The number of halogens is 1. The Hall–Kier alpha value is -2.71. The lowest BCUT2D eigenvalue weighted by molar-refractivity contribution is 0.102. The third-order valence-corrected chi connectivity index (χ3v) is 6.14. The zero-order valence-corrected chi connectivity index (χ0v) is 17.3. The molecule has 0 spiro atoms. The number of hydrogen-bond donors (Lipinski definition) is 2. The van der Waals surface area contributed by atoms with Gasteiger partial charge in [-0.2, -0.15) is 5.10 Å². The maximum Gasteiger partial charge on any atom is 0.255 e. The van der Waals surface area contributed by atoms with E-state index in [1.807, 2.05) is 49.4 Å². The molecule has 0 aliphatic rings. The van der Waals surface area contributed by atoms with Crippen LogP contribution in [0.4, 0.5) is 5.69 Å². The van der Waals surface area contributed by atoms with E-state index in [-0.39, 0.29) is 5.91 Å². The van der Waals surface area contributed by atoms with E-state index >= 15 is 0 Å². The fourth-order valence-corrected chi connectivity index (χ4v) is 3.97. The summed E-state index contributed by atoms with van der Waals surface area (Å²) in [5.74, 6) is 0.582. The largest absolute Gasteiger partial charge is 0.322 e. The second-order valence-electron chi connectivity index (χ2n) is 6.22. The number of anilines is 1. The van der Waals surface area contributed by atoms with Gasteiger partial charge in [-0.25, -0.2) is 9.97 Å². The van der Waals surface area contributed by atoms with Crippen molar-refractivity contribution in [3.8, 4) is 0 Å². The number of rotatable bonds is 5. The van der Waals surface area contributed by atoms with Gasteiger partial charge in [0, 0.05) is 21.5 Å². The number of benzene rings is 2. The first kappa shape index (κ1) is 18.6. The molecule has 140 valence electrons. The number of aromatic nitrogens is 4. The van der Waals surface area contributed by atoms with Crippen molar-refractivity contribution in [3.63, 3.8) is 0 Å². The molecule has 4 aromatic rings. The van der Waals surface area contributed by atoms with E-state index in [0.717, 1.165) is 43.1 Å². The molecular weight excluding hydrogens is 438 g/mol. The van der Waals surface area contributed by atoms with Crippen LogP contribution >= 0.6 is 27.7 Å². The van der Waals surface area contributed by atoms with E-state index in [9.17, 15) is 4.79 Å². The molecule has 0 fully saturated rings. The quantitative estimate of drug-likeness (QED) is 0.329. The standard InChI is InChI=1S/C20H16BrN5OS/c1-12-5-6-14(8-17(12)21)19(27)25-15-4-2-3-13(7-15)10-28-20-16-9-24-26-18(16)22-11-23-20/h2-9,11H,10H2,1H3,(H,25,27)(H,22,23,24,26). The third-order valence-electron chi connectivity index (χ3n) is 4.21. The Labute approximate surface area is 174 Å². The molecule has 2 aromatic heterocycles. The minimum atomic E-state index is -0.138. The summed E-state index contributed by atoms with van der Waals surface area (Å²) < 4.78 is 0.917. The van der Waals surface area contributed by atoms with Gasteiger partial charge in [-0.05, 0) is 42.3 Å². The summed E-state index contributed by atoms with van der Waals surface area (Å²) in [6.45, 7) is 1.99. The Balaban J connectivity index is 1.46. The summed E-state index contributed by atoms with van der Waals surface area (Å²) in [5.41, 5.74) is 4.27. The van der Waals surface area contributed by atoms with Crippen LogP contribution in [0.1, 0.15) is 21.5 Å². The molecule has 0 bridgehead atoms. The van der Waals surface area contributed by atoms with E-state index in [2.05, 4.69) is 41.4 Å². The molecule has 1 amide bonds. The zero-order chi connectivity index (χ0) is 19.5. The van der Waals surface area contributed by atoms with E-state index in [0.29, 0.717) is 5.56 Å². The second-order valence-corrected chi connectivity index (χ2v) is 8.04. The van der Waals surface area contributed by atoms with Gasteiger partial charge in [-0.15, -0.1) is 11.8 Å². The number of nitrogens with one attached hydrogen (secondary N) is 2. The molecule has 6 nitrogen and oxygen atoms in total. The Morgan fingerprint density at radius 3 is 2.96 bits per heavy atom. The number of carbonyl (C=O) groups is 1. The number of carbonyl (C=O) groups excluding carboxylic acids is 1. The number of H-pyrrole nitrogens is 1. The Kier molecular flexibility index (Phi) is 5.40. The van der Waals surface area contributed by atoms with Crippen LogP contribution in [0.5, 0.6) is 0 Å². The summed E-state index contributed by atoms with van der Waals surface area (Å²) in [4.78, 5) is 21.0. The van der Waals surface area contributed by atoms with Crippen LogP contribution < -0.4 is 5.32 Å². The number of amides is 1. The highest BCUT2D eigenvalue weighted by molar-refractivity contribution is 9.10. The van der Waals surface area contributed by atoms with Crippen LogP contribution in [-0.2, 0) is 5.75 Å². The average molecular weight is 454 g/mol. The molecule has 0 aliphatic carbocycles. The molecule has 0 unspecified atom stereocenters. The smallest absolute Gasteiger partial charge is 0.255 e. The Morgan fingerprint density at radius 1 is 1.21 bits per heavy atom. The van der Waals surface area contributed by atoms with Crippen molar-refractivity contribution < 1.29 is 4.79 Å². The van der Waals surface area contributed by atoms with Gasteiger partial charge in [0.15, 0.2) is 5.65 Å². The molecule has 0 atom stereocenters. The van der Waals surface area contributed by atoms with Gasteiger partial charge in [0.25, 0.3) is 5.91 Å². The maximum absolute atomic E-state index is 12.5. The fourth-order valence-electron chi connectivity index (χ4n) is 2.69. The van der Waals surface area contributed by atoms with Crippen LogP contribution in [-0.4, -0.2) is 26.1 Å². The van der Waals surface area contributed by atoms with Crippen molar-refractivity contribution in [1.82, 2.24) is 20.2 Å². The van der Waals surface area contributed by atoms with Gasteiger partial charge >= 0.3 is 0 Å². The van der Waals surface area contributed by atoms with Crippen LogP contribution in [0.3, 0.4) is 0 Å². The highest BCUT2D eigenvalue weighted by atomic mass is 79.9. The first-order chi connectivity index (χ1) is 13.6. The van der Waals surface area contributed by atoms with Gasteiger partial charge in [0.1, 0.15) is 11.4 Å². The highest BCUT2D eigenvalue weighted by Crippen LogP contribution is 2.27. The van der Waals surface area contributed by atoms with Crippen molar-refractivity contribution >= 4 is 50.3 Å². The third kappa shape index (κ3) is 4.07. The molecule has 4 rings (SSSR count). The number of aromatic amines is 1. The first-order valence-electron chi connectivity index (χ1n) is 8.53. The van der Waals surface area contributed by atoms with Crippen molar-refractivity contribution in [1.29, 1.82) is 0 Å². The minimum Gasteiger partial charge on any atom is -0.322 e. The Bertz CT molecular complexity index is 1160. The van der Waals surface area contributed by atoms with Crippen molar-refractivity contribution in [2.75, 3.05) is 5.32 Å². The van der Waals surface area contributed by atoms with Crippen molar-refractivity contribution in [2.45, 2.75) is 17.7 Å². The molecule has 8 heteroatoms. The zero-order valence-electron chi connectivity index (χ0n) is 14.9. The summed E-state index contributed by atoms with van der Waals surface area (Å²) in [6, 6.07) is 13.4. The second kappa shape index (κ2) is 8.12. The van der Waals surface area contributed by atoms with E-state index in [4.69, 9.17) is 0 Å². The number of hydrogen-bond acceptors (Lipinski definition) is 5. The number of thioether (sulfide) groups is 1. The minimum absolute atomic E-state index is 0.138. The van der Waals surface area contributed by atoms with Gasteiger partial charge in [0.05, 0.1) is 11.6 Å². The van der Waals surface area contributed by atoms with Gasteiger partial charge in [0.2, 0.25) is 0 Å². The molecule has 0 aliphatic heterocycles. The summed E-state index contributed by atoms with van der Waals surface area (Å²) in [5, 5.41) is 11.6. The summed E-state index contributed by atoms with van der Waals surface area (Å²) >= 11 is 5.07. The van der Waals surface area contributed by atoms with E-state index in [1.165, 1.54) is 6.33 Å². The number of nitrogens with zero attached hydrogens (tertiary/aromatic N) is 3. The molecule has 2 N–H and O–H groups in total. The lowest BCUT2D eigenvalue weighted by atomic mass is 10.1. The molecule has 0 saturated carbocycles. The van der Waals surface area contributed by atoms with Gasteiger partial charge < -0.3 is 5.32 Å². The Morgan fingerprint density at radius 2 is 2.11 bits per heavy atom. The molecule has 2 heterocycles. The highest BCUT2D eigenvalue weighted by Gasteiger charge is 2.09. The van der Waals surface area contributed by atoms with Crippen molar-refractivity contribution in [2.24, 2.45) is 0 Å². The van der Waals surface area contributed by atoms with Crippen LogP contribution in [0.25, 0.3) is 11.0 Å². The predicted molar refractivity (Wildman–Crippen MR) is 115 cm³/mol. The van der Waals surface area contributed by atoms with E-state index < -0.39 is 0 Å².